The minimum Gasteiger partial charge on any atom is -0.386 e. The summed E-state index contributed by atoms with van der Waals surface area (Å²) in [5.74, 6) is -0.0750. The molecule has 0 aliphatic carbocycles. The lowest BCUT2D eigenvalue weighted by atomic mass is 9.97. The fraction of sp³-hybridized carbons (Fsp3) is 0.0625. The molecule has 0 aromatic heterocycles. The van der Waals surface area contributed by atoms with E-state index < -0.39 is 0 Å². The first-order valence-electron chi connectivity index (χ1n) is 6.25. The van der Waals surface area contributed by atoms with Gasteiger partial charge in [0.1, 0.15) is 0 Å². The second kappa shape index (κ2) is 6.78. The van der Waals surface area contributed by atoms with E-state index in [-0.39, 0.29) is 18.1 Å². The highest BCUT2D eigenvalue weighted by Gasteiger charge is 2.13. The van der Waals surface area contributed by atoms with Gasteiger partial charge in [0.2, 0.25) is 5.91 Å². The van der Waals surface area contributed by atoms with Gasteiger partial charge in [-0.05, 0) is 34.9 Å². The molecule has 1 amide bonds. The van der Waals surface area contributed by atoms with Crippen LogP contribution in [-0.2, 0) is 11.2 Å². The van der Waals surface area contributed by atoms with Gasteiger partial charge in [0, 0.05) is 9.50 Å². The first-order valence-corrected chi connectivity index (χ1v) is 7.42. The molecular formula is C16H14BrClN2O. The minimum absolute atomic E-state index is 0.136. The van der Waals surface area contributed by atoms with E-state index in [4.69, 9.17) is 17.3 Å². The zero-order chi connectivity index (χ0) is 15.4. The lowest BCUT2D eigenvalue weighted by molar-refractivity contribution is -0.119. The van der Waals surface area contributed by atoms with Gasteiger partial charge in [0.05, 0.1) is 12.2 Å². The van der Waals surface area contributed by atoms with Gasteiger partial charge in [-0.2, -0.15) is 0 Å². The van der Waals surface area contributed by atoms with Crippen molar-refractivity contribution in [2.75, 3.05) is 0 Å². The number of hydrogen-bond donors (Lipinski definition) is 2. The van der Waals surface area contributed by atoms with E-state index in [0.29, 0.717) is 5.02 Å². The normalized spacial score (nSPS) is 10.2. The molecule has 0 bridgehead atoms. The summed E-state index contributed by atoms with van der Waals surface area (Å²) in [6.45, 7) is 3.47. The van der Waals surface area contributed by atoms with Crippen LogP contribution in [0.2, 0.25) is 5.02 Å². The molecule has 21 heavy (non-hydrogen) atoms. The van der Waals surface area contributed by atoms with Crippen molar-refractivity contribution in [3.8, 4) is 11.1 Å². The van der Waals surface area contributed by atoms with E-state index in [1.54, 1.807) is 0 Å². The summed E-state index contributed by atoms with van der Waals surface area (Å²) < 4.78 is 0.859. The third kappa shape index (κ3) is 4.09. The average molecular weight is 366 g/mol. The molecule has 108 valence electrons. The Morgan fingerprint density at radius 1 is 1.29 bits per heavy atom. The highest BCUT2D eigenvalue weighted by Crippen LogP contribution is 2.31. The number of amides is 1. The first kappa shape index (κ1) is 15.6. The number of carbonyl (C=O) groups is 1. The van der Waals surface area contributed by atoms with Crippen LogP contribution in [0.4, 0.5) is 0 Å². The summed E-state index contributed by atoms with van der Waals surface area (Å²) in [7, 11) is 0. The molecule has 5 heteroatoms. The van der Waals surface area contributed by atoms with Gasteiger partial charge in [-0.1, -0.05) is 58.4 Å². The molecule has 0 saturated heterocycles. The molecule has 0 atom stereocenters. The van der Waals surface area contributed by atoms with Crippen LogP contribution < -0.4 is 11.1 Å². The summed E-state index contributed by atoms with van der Waals surface area (Å²) in [6.07, 6.45) is 0.194. The summed E-state index contributed by atoms with van der Waals surface area (Å²) in [4.78, 5) is 11.9. The Labute approximate surface area is 136 Å². The summed E-state index contributed by atoms with van der Waals surface area (Å²) in [5.41, 5.74) is 8.18. The topological polar surface area (TPSA) is 55.1 Å². The molecule has 0 aliphatic heterocycles. The van der Waals surface area contributed by atoms with Crippen molar-refractivity contribution in [3.63, 3.8) is 0 Å². The van der Waals surface area contributed by atoms with Gasteiger partial charge in [-0.15, -0.1) is 0 Å². The highest BCUT2D eigenvalue weighted by atomic mass is 79.9. The van der Waals surface area contributed by atoms with Crippen molar-refractivity contribution in [3.05, 3.63) is 69.9 Å². The van der Waals surface area contributed by atoms with Crippen LogP contribution in [-0.4, -0.2) is 5.91 Å². The van der Waals surface area contributed by atoms with E-state index in [2.05, 4.69) is 27.8 Å². The monoisotopic (exact) mass is 364 g/mol. The van der Waals surface area contributed by atoms with Crippen molar-refractivity contribution in [1.29, 1.82) is 0 Å². The Hall–Kier alpha value is -1.78. The lowest BCUT2D eigenvalue weighted by Gasteiger charge is -2.12. The molecule has 0 unspecified atom stereocenters. The van der Waals surface area contributed by atoms with E-state index >= 15 is 0 Å². The number of benzene rings is 2. The van der Waals surface area contributed by atoms with Crippen LogP contribution in [0.5, 0.6) is 0 Å². The maximum atomic E-state index is 11.9. The van der Waals surface area contributed by atoms with Crippen LogP contribution in [0.1, 0.15) is 5.56 Å². The fourth-order valence-corrected chi connectivity index (χ4v) is 2.75. The van der Waals surface area contributed by atoms with Crippen molar-refractivity contribution < 1.29 is 4.79 Å². The number of carbonyl (C=O) groups excluding carboxylic acids is 1. The molecule has 0 heterocycles. The molecule has 0 spiro atoms. The van der Waals surface area contributed by atoms with Gasteiger partial charge < -0.3 is 11.1 Å². The van der Waals surface area contributed by atoms with Gasteiger partial charge in [0.25, 0.3) is 0 Å². The molecule has 3 N–H and O–H groups in total. The molecule has 0 saturated carbocycles. The molecule has 2 aromatic carbocycles. The third-order valence-electron chi connectivity index (χ3n) is 2.89. The Morgan fingerprint density at radius 2 is 2.00 bits per heavy atom. The quantitative estimate of drug-likeness (QED) is 0.864. The van der Waals surface area contributed by atoms with Crippen LogP contribution in [0.15, 0.2) is 59.3 Å². The standard InChI is InChI=1S/C16H14BrClN2O/c1-10(19)20-16(21)9-14-13(6-3-7-15(14)17)11-4-2-5-12(18)8-11/h2-8H,1,9,19H2,(H,20,21). The summed E-state index contributed by atoms with van der Waals surface area (Å²) in [6, 6.07) is 13.3. The fourth-order valence-electron chi connectivity index (χ4n) is 2.05. The SMILES string of the molecule is C=C(N)NC(=O)Cc1c(Br)cccc1-c1cccc(Cl)c1. The van der Waals surface area contributed by atoms with E-state index in [0.717, 1.165) is 21.2 Å². The highest BCUT2D eigenvalue weighted by molar-refractivity contribution is 9.10. The largest absolute Gasteiger partial charge is 0.386 e. The maximum absolute atomic E-state index is 11.9. The van der Waals surface area contributed by atoms with Crippen LogP contribution >= 0.6 is 27.5 Å². The molecule has 0 aliphatic rings. The van der Waals surface area contributed by atoms with E-state index in [9.17, 15) is 4.79 Å². The number of nitrogens with two attached hydrogens (primary N) is 1. The minimum atomic E-state index is -0.210. The van der Waals surface area contributed by atoms with Gasteiger partial charge in [-0.3, -0.25) is 4.79 Å². The molecular weight excluding hydrogens is 352 g/mol. The molecule has 0 radical (unpaired) electrons. The molecule has 0 fully saturated rings. The predicted octanol–water partition coefficient (Wildman–Crippen LogP) is 3.86. The van der Waals surface area contributed by atoms with Gasteiger partial charge >= 0.3 is 0 Å². The van der Waals surface area contributed by atoms with Crippen LogP contribution in [0.25, 0.3) is 11.1 Å². The Morgan fingerprint density at radius 3 is 2.67 bits per heavy atom. The van der Waals surface area contributed by atoms with Crippen LogP contribution in [0, 0.1) is 0 Å². The number of rotatable bonds is 4. The first-order chi connectivity index (χ1) is 9.97. The Kier molecular flexibility index (Phi) is 5.04. The van der Waals surface area contributed by atoms with E-state index in [1.165, 1.54) is 0 Å². The molecule has 2 rings (SSSR count). The second-order valence-electron chi connectivity index (χ2n) is 4.53. The summed E-state index contributed by atoms with van der Waals surface area (Å²) >= 11 is 9.53. The van der Waals surface area contributed by atoms with Gasteiger partial charge in [0.15, 0.2) is 0 Å². The Bertz CT molecular complexity index is 700. The second-order valence-corrected chi connectivity index (χ2v) is 5.82. The van der Waals surface area contributed by atoms with Crippen LogP contribution in [0.3, 0.4) is 0 Å². The number of nitrogens with one attached hydrogen (secondary N) is 1. The van der Waals surface area contributed by atoms with Crippen molar-refractivity contribution in [2.45, 2.75) is 6.42 Å². The number of hydrogen-bond acceptors (Lipinski definition) is 2. The smallest absolute Gasteiger partial charge is 0.229 e. The average Bonchev–Trinajstić information content (AvgIpc) is 2.40. The Balaban J connectivity index is 2.41. The maximum Gasteiger partial charge on any atom is 0.229 e. The zero-order valence-corrected chi connectivity index (χ0v) is 13.5. The predicted molar refractivity (Wildman–Crippen MR) is 89.8 cm³/mol. The van der Waals surface area contributed by atoms with Gasteiger partial charge in [-0.25, -0.2) is 0 Å². The number of halogens is 2. The van der Waals surface area contributed by atoms with E-state index in [1.807, 2.05) is 42.5 Å². The summed E-state index contributed by atoms with van der Waals surface area (Å²) in [5, 5.41) is 3.16. The van der Waals surface area contributed by atoms with Crippen molar-refractivity contribution in [2.24, 2.45) is 5.73 Å². The lowest BCUT2D eigenvalue weighted by Crippen LogP contribution is -2.28. The molecule has 3 nitrogen and oxygen atoms in total. The molecule has 2 aromatic rings. The van der Waals surface area contributed by atoms with Crippen molar-refractivity contribution >= 4 is 33.4 Å². The van der Waals surface area contributed by atoms with Crippen molar-refractivity contribution in [1.82, 2.24) is 5.32 Å². The zero-order valence-electron chi connectivity index (χ0n) is 11.2. The third-order valence-corrected chi connectivity index (χ3v) is 3.87.